The molecule has 2 unspecified atom stereocenters. The van der Waals surface area contributed by atoms with Crippen molar-refractivity contribution < 1.29 is 9.90 Å². The van der Waals surface area contributed by atoms with Crippen LogP contribution in [0.1, 0.15) is 37.8 Å². The third-order valence-corrected chi connectivity index (χ3v) is 4.47. The Bertz CT molecular complexity index is 418. The predicted octanol–water partition coefficient (Wildman–Crippen LogP) is 2.05. The molecule has 0 spiro atoms. The van der Waals surface area contributed by atoms with Crippen LogP contribution in [0.3, 0.4) is 0 Å². The molecule has 0 aliphatic rings. The molecule has 1 aromatic heterocycles. The molecule has 1 rings (SSSR count). The van der Waals surface area contributed by atoms with Crippen LogP contribution in [0.5, 0.6) is 0 Å². The maximum absolute atomic E-state index is 11.7. The molecule has 0 bridgehead atoms. The van der Waals surface area contributed by atoms with Crippen molar-refractivity contribution in [2.24, 2.45) is 5.92 Å². The summed E-state index contributed by atoms with van der Waals surface area (Å²) in [7, 11) is 0. The number of aryl methyl sites for hydroxylation is 1. The molecule has 0 aliphatic carbocycles. The van der Waals surface area contributed by atoms with Crippen molar-refractivity contribution in [1.29, 1.82) is 0 Å². The number of nitrogens with one attached hydrogen (secondary N) is 2. The number of hydrogen-bond acceptors (Lipinski definition) is 4. The van der Waals surface area contributed by atoms with Crippen molar-refractivity contribution in [2.45, 2.75) is 46.3 Å². The highest BCUT2D eigenvalue weighted by molar-refractivity contribution is 7.09. The number of rotatable bonds is 6. The molecule has 1 aromatic rings. The van der Waals surface area contributed by atoms with Crippen LogP contribution in [-0.2, 0) is 6.54 Å². The average Bonchev–Trinajstić information content (AvgIpc) is 2.78. The number of urea groups is 1. The lowest BCUT2D eigenvalue weighted by Crippen LogP contribution is -2.47. The average molecular weight is 285 g/mol. The van der Waals surface area contributed by atoms with Crippen LogP contribution in [0.15, 0.2) is 5.51 Å². The topological polar surface area (TPSA) is 74.2 Å². The van der Waals surface area contributed by atoms with E-state index in [9.17, 15) is 9.90 Å². The second-order valence-electron chi connectivity index (χ2n) is 5.06. The van der Waals surface area contributed by atoms with E-state index >= 15 is 0 Å². The van der Waals surface area contributed by atoms with E-state index in [1.54, 1.807) is 12.4 Å². The Labute approximate surface area is 118 Å². The van der Waals surface area contributed by atoms with Crippen molar-refractivity contribution >= 4 is 17.4 Å². The minimum absolute atomic E-state index is 0.136. The lowest BCUT2D eigenvalue weighted by Gasteiger charge is -2.29. The Morgan fingerprint density at radius 3 is 2.79 bits per heavy atom. The third kappa shape index (κ3) is 4.80. The Morgan fingerprint density at radius 1 is 1.58 bits per heavy atom. The van der Waals surface area contributed by atoms with Crippen LogP contribution < -0.4 is 10.6 Å². The van der Waals surface area contributed by atoms with E-state index in [1.165, 1.54) is 11.3 Å². The van der Waals surface area contributed by atoms with Gasteiger partial charge in [-0.25, -0.2) is 9.78 Å². The van der Waals surface area contributed by atoms with E-state index in [2.05, 4.69) is 15.6 Å². The number of carbonyl (C=O) groups excluding carboxylic acids is 1. The summed E-state index contributed by atoms with van der Waals surface area (Å²) in [5, 5.41) is 15.6. The zero-order valence-corrected chi connectivity index (χ0v) is 12.8. The smallest absolute Gasteiger partial charge is 0.315 e. The Hall–Kier alpha value is -1.14. The van der Waals surface area contributed by atoms with Crippen molar-refractivity contribution in [1.82, 2.24) is 15.6 Å². The summed E-state index contributed by atoms with van der Waals surface area (Å²) in [5.74, 6) is 0.136. The van der Waals surface area contributed by atoms with Crippen LogP contribution in [0.25, 0.3) is 0 Å². The molecule has 2 atom stereocenters. The van der Waals surface area contributed by atoms with Gasteiger partial charge in [-0.1, -0.05) is 20.3 Å². The van der Waals surface area contributed by atoms with Gasteiger partial charge in [0.25, 0.3) is 0 Å². The lowest BCUT2D eigenvalue weighted by molar-refractivity contribution is 0.00790. The van der Waals surface area contributed by atoms with E-state index in [4.69, 9.17) is 0 Å². The molecular weight excluding hydrogens is 262 g/mol. The normalized spacial score (nSPS) is 15.6. The molecule has 0 aliphatic heterocycles. The fraction of sp³-hybridized carbons (Fsp3) is 0.692. The summed E-state index contributed by atoms with van der Waals surface area (Å²) in [6, 6.07) is -0.267. The van der Waals surface area contributed by atoms with Crippen LogP contribution in [0, 0.1) is 12.8 Å². The first-order valence-corrected chi connectivity index (χ1v) is 7.37. The van der Waals surface area contributed by atoms with Gasteiger partial charge in [0.1, 0.15) is 0 Å². The van der Waals surface area contributed by atoms with Gasteiger partial charge < -0.3 is 15.7 Å². The highest BCUT2D eigenvalue weighted by Gasteiger charge is 2.27. The van der Waals surface area contributed by atoms with E-state index in [-0.39, 0.29) is 18.5 Å². The molecule has 6 heteroatoms. The minimum Gasteiger partial charge on any atom is -0.388 e. The second-order valence-corrected chi connectivity index (χ2v) is 6.00. The van der Waals surface area contributed by atoms with Crippen LogP contribution >= 0.6 is 11.3 Å². The molecule has 1 heterocycles. The summed E-state index contributed by atoms with van der Waals surface area (Å²) < 4.78 is 0. The SMILES string of the molecule is CCC(C)C(C)(O)CNC(=O)NCc1scnc1C. The van der Waals surface area contributed by atoms with E-state index in [0.717, 1.165) is 17.0 Å². The third-order valence-electron chi connectivity index (χ3n) is 3.54. The molecule has 0 aromatic carbocycles. The number of carbonyl (C=O) groups is 1. The molecular formula is C13H23N3O2S. The molecule has 0 fully saturated rings. The quantitative estimate of drug-likeness (QED) is 0.749. The first-order valence-electron chi connectivity index (χ1n) is 6.49. The first kappa shape index (κ1) is 15.9. The zero-order valence-electron chi connectivity index (χ0n) is 12.0. The van der Waals surface area contributed by atoms with E-state index in [1.807, 2.05) is 20.8 Å². The Kier molecular flexibility index (Phi) is 5.75. The molecule has 108 valence electrons. The highest BCUT2D eigenvalue weighted by Crippen LogP contribution is 2.18. The summed E-state index contributed by atoms with van der Waals surface area (Å²) in [5.41, 5.74) is 1.82. The summed E-state index contributed by atoms with van der Waals surface area (Å²) in [6.07, 6.45) is 0.871. The maximum Gasteiger partial charge on any atom is 0.315 e. The van der Waals surface area contributed by atoms with Crippen molar-refractivity contribution in [3.8, 4) is 0 Å². The van der Waals surface area contributed by atoms with E-state index < -0.39 is 5.60 Å². The zero-order chi connectivity index (χ0) is 14.5. The van der Waals surface area contributed by atoms with Gasteiger partial charge in [0.05, 0.1) is 23.4 Å². The standard InChI is InChI=1S/C13H23N3O2S/c1-5-9(2)13(4,18)7-15-12(17)14-6-11-10(3)16-8-19-11/h8-9,18H,5-7H2,1-4H3,(H2,14,15,17). The number of aromatic nitrogens is 1. The monoisotopic (exact) mass is 285 g/mol. The molecule has 0 radical (unpaired) electrons. The molecule has 0 saturated heterocycles. The van der Waals surface area contributed by atoms with E-state index in [0.29, 0.717) is 6.54 Å². The largest absolute Gasteiger partial charge is 0.388 e. The van der Waals surface area contributed by atoms with Gasteiger partial charge in [-0.3, -0.25) is 0 Å². The first-order chi connectivity index (χ1) is 8.86. The lowest BCUT2D eigenvalue weighted by atomic mass is 9.89. The summed E-state index contributed by atoms with van der Waals surface area (Å²) in [6.45, 7) is 8.36. The van der Waals surface area contributed by atoms with Crippen molar-refractivity contribution in [3.63, 3.8) is 0 Å². The number of thiazole rings is 1. The number of hydrogen-bond donors (Lipinski definition) is 3. The maximum atomic E-state index is 11.7. The van der Waals surface area contributed by atoms with Crippen LogP contribution in [-0.4, -0.2) is 28.3 Å². The number of aliphatic hydroxyl groups is 1. The molecule has 5 nitrogen and oxygen atoms in total. The summed E-state index contributed by atoms with van der Waals surface area (Å²) in [4.78, 5) is 16.8. The van der Waals surface area contributed by atoms with Crippen molar-refractivity contribution in [2.75, 3.05) is 6.54 Å². The molecule has 19 heavy (non-hydrogen) atoms. The van der Waals surface area contributed by atoms with Gasteiger partial charge in [-0.15, -0.1) is 11.3 Å². The number of amides is 2. The molecule has 0 saturated carbocycles. The second kappa shape index (κ2) is 6.86. The fourth-order valence-electron chi connectivity index (χ4n) is 1.59. The van der Waals surface area contributed by atoms with Gasteiger partial charge in [0.15, 0.2) is 0 Å². The Morgan fingerprint density at radius 2 is 2.26 bits per heavy atom. The number of nitrogens with zero attached hydrogens (tertiary/aromatic N) is 1. The van der Waals surface area contributed by atoms with Gasteiger partial charge in [0.2, 0.25) is 0 Å². The molecule has 2 amide bonds. The van der Waals surface area contributed by atoms with Crippen molar-refractivity contribution in [3.05, 3.63) is 16.1 Å². The van der Waals surface area contributed by atoms with Gasteiger partial charge in [0, 0.05) is 11.4 Å². The summed E-state index contributed by atoms with van der Waals surface area (Å²) >= 11 is 1.52. The van der Waals surface area contributed by atoms with Gasteiger partial charge in [-0.2, -0.15) is 0 Å². The highest BCUT2D eigenvalue weighted by atomic mass is 32.1. The van der Waals surface area contributed by atoms with Crippen LogP contribution in [0.4, 0.5) is 4.79 Å². The minimum atomic E-state index is -0.882. The fourth-order valence-corrected chi connectivity index (χ4v) is 2.31. The molecule has 3 N–H and O–H groups in total. The van der Waals surface area contributed by atoms with Gasteiger partial charge in [-0.05, 0) is 19.8 Å². The Balaban J connectivity index is 2.34. The van der Waals surface area contributed by atoms with Gasteiger partial charge >= 0.3 is 6.03 Å². The predicted molar refractivity (Wildman–Crippen MR) is 77.2 cm³/mol. The van der Waals surface area contributed by atoms with Crippen LogP contribution in [0.2, 0.25) is 0 Å².